The summed E-state index contributed by atoms with van der Waals surface area (Å²) in [6.45, 7) is -0.464. The highest BCUT2D eigenvalue weighted by Gasteiger charge is 2.17. The number of furan rings is 1. The van der Waals surface area contributed by atoms with Crippen molar-refractivity contribution in [3.63, 3.8) is 0 Å². The number of aliphatic carboxylic acids is 1. The van der Waals surface area contributed by atoms with Crippen molar-refractivity contribution >= 4 is 34.1 Å². The molecule has 0 saturated carbocycles. The third-order valence-corrected chi connectivity index (χ3v) is 5.26. The number of hydrogen-bond donors (Lipinski definition) is 1. The molecule has 3 aromatic carbocycles. The minimum Gasteiger partial charge on any atom is -0.496 e. The predicted octanol–water partition coefficient (Wildman–Crippen LogP) is 4.16. The Morgan fingerprint density at radius 3 is 2.74 bits per heavy atom. The average Bonchev–Trinajstić information content (AvgIpc) is 3.31. The number of fused-ring (bicyclic) bond motifs is 2. The molecule has 9 nitrogen and oxygen atoms in total. The largest absolute Gasteiger partial charge is 0.496 e. The van der Waals surface area contributed by atoms with E-state index in [0.717, 1.165) is 5.39 Å². The molecular weight excluding hydrogens is 450 g/mol. The second-order valence-corrected chi connectivity index (χ2v) is 7.55. The van der Waals surface area contributed by atoms with E-state index in [-0.39, 0.29) is 11.4 Å². The molecule has 0 amide bonds. The number of carbonyl (C=O) groups is 1. The Labute approximate surface area is 198 Å². The van der Waals surface area contributed by atoms with E-state index in [2.05, 4.69) is 10.1 Å². The Morgan fingerprint density at radius 1 is 1.09 bits per heavy atom. The average molecular weight is 469 g/mol. The summed E-state index contributed by atoms with van der Waals surface area (Å²) in [6.07, 6.45) is 1.47. The van der Waals surface area contributed by atoms with E-state index in [1.807, 2.05) is 12.1 Å². The van der Waals surface area contributed by atoms with Crippen molar-refractivity contribution in [2.45, 2.75) is 0 Å². The van der Waals surface area contributed by atoms with Gasteiger partial charge in [0.2, 0.25) is 5.82 Å². The summed E-state index contributed by atoms with van der Waals surface area (Å²) in [5, 5.41) is 14.4. The number of methoxy groups -OCH3 is 1. The highest BCUT2D eigenvalue weighted by molar-refractivity contribution is 5.88. The molecule has 0 aliphatic carbocycles. The Balaban J connectivity index is 1.64. The first-order chi connectivity index (χ1) is 17.0. The molecule has 0 fully saturated rings. The maximum absolute atomic E-state index is 13.4. The van der Waals surface area contributed by atoms with Crippen LogP contribution in [0.2, 0.25) is 0 Å². The van der Waals surface area contributed by atoms with Crippen LogP contribution in [0.5, 0.6) is 11.5 Å². The summed E-state index contributed by atoms with van der Waals surface area (Å²) in [5.41, 5.74) is 1.33. The maximum atomic E-state index is 13.4. The molecule has 5 aromatic rings. The smallest absolute Gasteiger partial charge is 0.341 e. The van der Waals surface area contributed by atoms with Gasteiger partial charge in [-0.2, -0.15) is 9.78 Å². The van der Waals surface area contributed by atoms with Crippen molar-refractivity contribution in [3.05, 3.63) is 88.7 Å². The normalized spacial score (nSPS) is 11.3. The molecule has 35 heavy (non-hydrogen) atoms. The standard InChI is InChI=1S/C26H19N3O6/c1-33-21-10-5-11-22-19(21)13-23(35-22)25-28-20-9-3-2-8-18(20)26(32)29(25)27-14-16-6-4-7-17(12-16)34-15-24(30)31/h2-14H,15H2,1H3,(H,30,31). The number of carboxylic acid groups (broad SMARTS) is 1. The van der Waals surface area contributed by atoms with Gasteiger partial charge < -0.3 is 19.0 Å². The van der Waals surface area contributed by atoms with E-state index in [9.17, 15) is 9.59 Å². The van der Waals surface area contributed by atoms with Crippen LogP contribution in [0, 0.1) is 0 Å². The van der Waals surface area contributed by atoms with Crippen LogP contribution in [0.3, 0.4) is 0 Å². The van der Waals surface area contributed by atoms with Crippen LogP contribution < -0.4 is 15.0 Å². The lowest BCUT2D eigenvalue weighted by Crippen LogP contribution is -2.20. The summed E-state index contributed by atoms with van der Waals surface area (Å²) in [4.78, 5) is 28.8. The topological polar surface area (TPSA) is 116 Å². The third-order valence-electron chi connectivity index (χ3n) is 5.26. The SMILES string of the molecule is COc1cccc2oc(-c3nc4ccccc4c(=O)n3N=Cc3cccc(OCC(=O)O)c3)cc12. The van der Waals surface area contributed by atoms with Crippen molar-refractivity contribution < 1.29 is 23.8 Å². The summed E-state index contributed by atoms with van der Waals surface area (Å²) in [6, 6.07) is 20.9. The van der Waals surface area contributed by atoms with Crippen LogP contribution in [-0.4, -0.2) is 40.7 Å². The van der Waals surface area contributed by atoms with E-state index in [1.165, 1.54) is 10.9 Å². The number of rotatable bonds is 7. The van der Waals surface area contributed by atoms with E-state index < -0.39 is 12.6 Å². The van der Waals surface area contributed by atoms with Crippen molar-refractivity contribution in [2.75, 3.05) is 13.7 Å². The molecule has 9 heteroatoms. The summed E-state index contributed by atoms with van der Waals surface area (Å²) in [7, 11) is 1.57. The molecule has 0 saturated heterocycles. The van der Waals surface area contributed by atoms with Gasteiger partial charge >= 0.3 is 5.97 Å². The highest BCUT2D eigenvalue weighted by atomic mass is 16.5. The van der Waals surface area contributed by atoms with Crippen LogP contribution in [0.1, 0.15) is 5.56 Å². The van der Waals surface area contributed by atoms with Gasteiger partial charge in [-0.15, -0.1) is 0 Å². The molecule has 174 valence electrons. The quantitative estimate of drug-likeness (QED) is 0.356. The highest BCUT2D eigenvalue weighted by Crippen LogP contribution is 2.32. The molecule has 1 N–H and O–H groups in total. The first kappa shape index (κ1) is 21.9. The van der Waals surface area contributed by atoms with Crippen LogP contribution in [0.4, 0.5) is 0 Å². The fourth-order valence-electron chi connectivity index (χ4n) is 3.67. The Kier molecular flexibility index (Phi) is 5.72. The Bertz CT molecular complexity index is 1650. The second kappa shape index (κ2) is 9.14. The molecule has 2 aromatic heterocycles. The molecule has 0 bridgehead atoms. The van der Waals surface area contributed by atoms with E-state index >= 15 is 0 Å². The first-order valence-electron chi connectivity index (χ1n) is 10.6. The molecule has 5 rings (SSSR count). The minimum atomic E-state index is -1.08. The molecule has 0 spiro atoms. The summed E-state index contributed by atoms with van der Waals surface area (Å²) < 4.78 is 17.8. The lowest BCUT2D eigenvalue weighted by atomic mass is 10.2. The van der Waals surface area contributed by atoms with Gasteiger partial charge in [0.1, 0.15) is 17.1 Å². The maximum Gasteiger partial charge on any atom is 0.341 e. The zero-order chi connectivity index (χ0) is 24.4. The van der Waals surface area contributed by atoms with Gasteiger partial charge in [-0.05, 0) is 48.0 Å². The van der Waals surface area contributed by atoms with Crippen molar-refractivity contribution in [1.82, 2.24) is 9.66 Å². The van der Waals surface area contributed by atoms with E-state index in [1.54, 1.807) is 67.8 Å². The lowest BCUT2D eigenvalue weighted by Gasteiger charge is -2.07. The third kappa shape index (κ3) is 4.34. The lowest BCUT2D eigenvalue weighted by molar-refractivity contribution is -0.139. The van der Waals surface area contributed by atoms with Crippen LogP contribution in [-0.2, 0) is 4.79 Å². The number of ether oxygens (including phenoxy) is 2. The number of benzene rings is 3. The van der Waals surface area contributed by atoms with Gasteiger partial charge in [0.05, 0.1) is 29.6 Å². The molecule has 0 aliphatic heterocycles. The number of nitrogens with zero attached hydrogens (tertiary/aromatic N) is 3. The number of carboxylic acids is 1. The Morgan fingerprint density at radius 2 is 1.91 bits per heavy atom. The van der Waals surface area contributed by atoms with E-state index in [0.29, 0.717) is 39.3 Å². The van der Waals surface area contributed by atoms with E-state index in [4.69, 9.17) is 19.0 Å². The predicted molar refractivity (Wildman–Crippen MR) is 130 cm³/mol. The van der Waals surface area contributed by atoms with Crippen LogP contribution in [0.25, 0.3) is 33.5 Å². The van der Waals surface area contributed by atoms with Gasteiger partial charge in [-0.3, -0.25) is 4.79 Å². The molecule has 0 aliphatic rings. The van der Waals surface area contributed by atoms with Crippen LogP contribution in [0.15, 0.2) is 87.1 Å². The van der Waals surface area contributed by atoms with Gasteiger partial charge in [0.15, 0.2) is 12.4 Å². The number of aromatic nitrogens is 2. The van der Waals surface area contributed by atoms with Crippen molar-refractivity contribution in [1.29, 1.82) is 0 Å². The number of para-hydroxylation sites is 1. The van der Waals surface area contributed by atoms with Gasteiger partial charge in [-0.25, -0.2) is 9.78 Å². The van der Waals surface area contributed by atoms with Gasteiger partial charge in [-0.1, -0.05) is 30.3 Å². The fraction of sp³-hybridized carbons (Fsp3) is 0.0769. The zero-order valence-electron chi connectivity index (χ0n) is 18.5. The molecular formula is C26H19N3O6. The monoisotopic (exact) mass is 469 g/mol. The van der Waals surface area contributed by atoms with Crippen molar-refractivity contribution in [2.24, 2.45) is 5.10 Å². The molecule has 0 radical (unpaired) electrons. The molecule has 0 unspecified atom stereocenters. The minimum absolute atomic E-state index is 0.224. The van der Waals surface area contributed by atoms with Gasteiger partial charge in [0.25, 0.3) is 5.56 Å². The number of hydrogen-bond acceptors (Lipinski definition) is 7. The Hall–Kier alpha value is -4.92. The first-order valence-corrected chi connectivity index (χ1v) is 10.6. The van der Waals surface area contributed by atoms with Gasteiger partial charge in [0, 0.05) is 0 Å². The fourth-order valence-corrected chi connectivity index (χ4v) is 3.67. The molecule has 2 heterocycles. The molecule has 0 atom stereocenters. The van der Waals surface area contributed by atoms with Crippen LogP contribution >= 0.6 is 0 Å². The second-order valence-electron chi connectivity index (χ2n) is 7.55. The van der Waals surface area contributed by atoms with Crippen molar-refractivity contribution in [3.8, 4) is 23.1 Å². The zero-order valence-corrected chi connectivity index (χ0v) is 18.5. The summed E-state index contributed by atoms with van der Waals surface area (Å²) >= 11 is 0. The summed E-state index contributed by atoms with van der Waals surface area (Å²) in [5.74, 6) is 0.494.